The van der Waals surface area contributed by atoms with Gasteiger partial charge in [-0.05, 0) is 0 Å². The minimum atomic E-state index is -4.89. The number of phosphoric acid groups is 1. The van der Waals surface area contributed by atoms with Gasteiger partial charge in [-0.3, -0.25) is 4.57 Å². The van der Waals surface area contributed by atoms with Gasteiger partial charge in [-0.1, -0.05) is 0 Å². The van der Waals surface area contributed by atoms with Crippen LogP contribution in [0.25, 0.3) is 0 Å². The minimum absolute atomic E-state index is 0. The van der Waals surface area contributed by atoms with Crippen molar-refractivity contribution in [2.24, 2.45) is 0 Å². The van der Waals surface area contributed by atoms with Crippen molar-refractivity contribution >= 4 is 7.82 Å². The quantitative estimate of drug-likeness (QED) is 0.343. The van der Waals surface area contributed by atoms with Gasteiger partial charge >= 0.3 is 21.1 Å². The molecule has 7 N–H and O–H groups in total. The second-order valence-electron chi connectivity index (χ2n) is 0.491. The smallest absolute Gasteiger partial charge is 0.870 e. The Balaban J connectivity index is -0.00000000800. The van der Waals surface area contributed by atoms with Crippen LogP contribution in [-0.2, 0) is 25.6 Å². The second kappa shape index (κ2) is 16.3. The molecule has 0 saturated carbocycles. The Morgan fingerprint density at radius 3 is 1.10 bits per heavy atom. The van der Waals surface area contributed by atoms with E-state index in [-0.39, 0.29) is 43.0 Å². The maximum absolute atomic E-state index is 8.77. The van der Waals surface area contributed by atoms with Crippen LogP contribution in [0.15, 0.2) is 0 Å². The van der Waals surface area contributed by atoms with Crippen molar-refractivity contribution in [1.82, 2.24) is 0 Å². The van der Waals surface area contributed by atoms with Gasteiger partial charge in [0.25, 0.3) is 7.82 Å². The summed E-state index contributed by atoms with van der Waals surface area (Å²) in [4.78, 5) is 22.9. The van der Waals surface area contributed by atoms with Crippen LogP contribution in [0.3, 0.4) is 0 Å². The van der Waals surface area contributed by atoms with Crippen molar-refractivity contribution in [1.29, 1.82) is 0 Å². The predicted octanol–water partition coefficient (Wildman–Crippen LogP) is -2.92. The van der Waals surface area contributed by atoms with Gasteiger partial charge in [0.15, 0.2) is 0 Å². The fourth-order valence-electron chi connectivity index (χ4n) is 0. The van der Waals surface area contributed by atoms with Gasteiger partial charge in [-0.15, -0.1) is 0 Å². The molecule has 10 heavy (non-hydrogen) atoms. The maximum Gasteiger partial charge on any atom is 4.00 e. The molecule has 0 aliphatic rings. The second-order valence-corrected chi connectivity index (χ2v) is 1.47. The summed E-state index contributed by atoms with van der Waals surface area (Å²) in [6.07, 6.45) is 0. The Kier molecular flexibility index (Phi) is 75.0. The molecule has 0 spiro atoms. The molecule has 0 bridgehead atoms. The first kappa shape index (κ1) is 45.9. The first-order chi connectivity index (χ1) is 2.00. The van der Waals surface area contributed by atoms with E-state index in [1.54, 1.807) is 0 Å². The van der Waals surface area contributed by atoms with Crippen LogP contribution >= 0.6 is 7.82 Å². The van der Waals surface area contributed by atoms with Gasteiger partial charge in [-0.2, -0.15) is 0 Å². The number of rotatable bonds is 0. The van der Waals surface area contributed by atoms with E-state index in [2.05, 4.69) is 0 Å². The van der Waals surface area contributed by atoms with Gasteiger partial charge in [0.2, 0.25) is 0 Å². The summed E-state index contributed by atoms with van der Waals surface area (Å²) in [6.45, 7) is 0. The number of hydrogen-bond donors (Lipinski definition) is 2. The first-order valence-corrected chi connectivity index (χ1v) is 2.30. The van der Waals surface area contributed by atoms with Gasteiger partial charge in [0.1, 0.15) is 0 Å². The summed E-state index contributed by atoms with van der Waals surface area (Å²) >= 11 is 0. The molecular weight excluding hydrogens is 255 g/mol. The SMILES string of the molecule is O.O=P([O-])(O)O.[Mo+4].[OH-].[OH-].[OH-]. The van der Waals surface area contributed by atoms with E-state index in [1.807, 2.05) is 0 Å². The maximum atomic E-state index is 8.77. The third-order valence-electron chi connectivity index (χ3n) is 0. The van der Waals surface area contributed by atoms with Crippen molar-refractivity contribution in [3.63, 3.8) is 0 Å². The summed E-state index contributed by atoms with van der Waals surface area (Å²) in [7, 11) is -4.89. The van der Waals surface area contributed by atoms with Crippen molar-refractivity contribution in [3.8, 4) is 0 Å². The molecule has 66 valence electrons. The van der Waals surface area contributed by atoms with Gasteiger partial charge in [0.05, 0.1) is 0 Å². The van der Waals surface area contributed by atoms with E-state index in [0.717, 1.165) is 0 Å². The molecule has 0 aliphatic carbocycles. The molecule has 0 atom stereocenters. The number of hydrogen-bond acceptors (Lipinski definition) is 5. The van der Waals surface area contributed by atoms with Crippen molar-refractivity contribution in [3.05, 3.63) is 0 Å². The average molecular weight is 262 g/mol. The Morgan fingerprint density at radius 1 is 1.10 bits per heavy atom. The molecule has 0 aromatic rings. The van der Waals surface area contributed by atoms with E-state index >= 15 is 0 Å². The zero-order valence-electron chi connectivity index (χ0n) is 4.41. The summed E-state index contributed by atoms with van der Waals surface area (Å²) < 4.78 is 8.77. The summed E-state index contributed by atoms with van der Waals surface area (Å²) in [5.74, 6) is 0. The van der Waals surface area contributed by atoms with Crippen LogP contribution in [-0.4, -0.2) is 31.7 Å². The van der Waals surface area contributed by atoms with E-state index < -0.39 is 7.82 Å². The van der Waals surface area contributed by atoms with E-state index in [0.29, 0.717) is 0 Å². The van der Waals surface area contributed by atoms with E-state index in [1.165, 1.54) is 0 Å². The van der Waals surface area contributed by atoms with Crippen molar-refractivity contribution < 1.29 is 62.2 Å². The molecule has 0 aromatic heterocycles. The fourth-order valence-corrected chi connectivity index (χ4v) is 0. The molecular formula is H7MoO8P. The van der Waals surface area contributed by atoms with Gasteiger partial charge < -0.3 is 36.6 Å². The van der Waals surface area contributed by atoms with Crippen molar-refractivity contribution in [2.75, 3.05) is 0 Å². The van der Waals surface area contributed by atoms with E-state index in [4.69, 9.17) is 19.2 Å². The Hall–Kier alpha value is 0.638. The van der Waals surface area contributed by atoms with Crippen molar-refractivity contribution in [2.45, 2.75) is 0 Å². The van der Waals surface area contributed by atoms with Crippen LogP contribution in [0.5, 0.6) is 0 Å². The summed E-state index contributed by atoms with van der Waals surface area (Å²) in [5, 5.41) is 0. The molecule has 0 unspecified atom stereocenters. The monoisotopic (exact) mass is 264 g/mol. The van der Waals surface area contributed by atoms with Crippen LogP contribution in [0, 0.1) is 0 Å². The fraction of sp³-hybridized carbons (Fsp3) is 0. The normalized spacial score (nSPS) is 5.90. The average Bonchev–Trinajstić information content (AvgIpc) is 0.722. The Bertz CT molecular complexity index is 55.4. The third-order valence-corrected chi connectivity index (χ3v) is 0. The van der Waals surface area contributed by atoms with E-state index in [9.17, 15) is 0 Å². The minimum Gasteiger partial charge on any atom is -0.870 e. The molecule has 0 amide bonds. The molecule has 0 aromatic carbocycles. The van der Waals surface area contributed by atoms with Gasteiger partial charge in [0, 0.05) is 0 Å². The third kappa shape index (κ3) is 1240. The Morgan fingerprint density at radius 2 is 1.10 bits per heavy atom. The topological polar surface area (TPSA) is 202 Å². The Labute approximate surface area is 70.6 Å². The molecule has 8 nitrogen and oxygen atoms in total. The predicted molar refractivity (Wildman–Crippen MR) is 21.5 cm³/mol. The van der Waals surface area contributed by atoms with Crippen LogP contribution in [0.1, 0.15) is 0 Å². The molecule has 10 heteroatoms. The molecule has 0 saturated heterocycles. The zero-order chi connectivity index (χ0) is 4.50. The largest absolute Gasteiger partial charge is 4.00 e. The molecule has 0 fully saturated rings. The molecule has 0 rings (SSSR count). The van der Waals surface area contributed by atoms with Crippen LogP contribution < -0.4 is 4.89 Å². The first-order valence-electron chi connectivity index (χ1n) is 0.765. The summed E-state index contributed by atoms with van der Waals surface area (Å²) in [5.41, 5.74) is 0. The standard InChI is InChI=1S/Mo.H3O4P.4H2O/c;1-5(2,3)4;;;;/h;(H3,1,2,3,4);4*1H2/q+4;;;;;/p-4. The zero-order valence-corrected chi connectivity index (χ0v) is 7.31. The molecule has 0 heterocycles. The summed E-state index contributed by atoms with van der Waals surface area (Å²) in [6, 6.07) is 0. The molecule has 0 radical (unpaired) electrons. The van der Waals surface area contributed by atoms with Crippen LogP contribution in [0.2, 0.25) is 0 Å². The van der Waals surface area contributed by atoms with Gasteiger partial charge in [-0.25, -0.2) is 0 Å². The van der Waals surface area contributed by atoms with Crippen LogP contribution in [0.4, 0.5) is 0 Å². The molecule has 0 aliphatic heterocycles.